The smallest absolute Gasteiger partial charge is 0.432 e. The van der Waals surface area contributed by atoms with Crippen LogP contribution in [0, 0.1) is 5.92 Å². The van der Waals surface area contributed by atoms with E-state index in [0.29, 0.717) is 13.2 Å². The van der Waals surface area contributed by atoms with Crippen LogP contribution in [0.5, 0.6) is 0 Å². The van der Waals surface area contributed by atoms with Crippen molar-refractivity contribution in [2.75, 3.05) is 13.2 Å². The van der Waals surface area contributed by atoms with E-state index < -0.39 is 57.9 Å². The fourth-order valence-electron chi connectivity index (χ4n) is 3.10. The first kappa shape index (κ1) is 20.6. The largest absolute Gasteiger partial charge is 0.444 e. The number of hydrogen-bond acceptors (Lipinski definition) is 7. The molecule has 0 amide bonds. The molecule has 3 heterocycles. The highest BCUT2D eigenvalue weighted by atomic mass is 32.2. The Kier molecular flexibility index (Phi) is 5.16. The summed E-state index contributed by atoms with van der Waals surface area (Å²) in [4.78, 5) is 12.0. The van der Waals surface area contributed by atoms with Crippen molar-refractivity contribution >= 4 is 16.1 Å². The molecule has 156 valence electrons. The summed E-state index contributed by atoms with van der Waals surface area (Å²) in [5, 5.41) is -5.75. The minimum atomic E-state index is -6.48. The van der Waals surface area contributed by atoms with Gasteiger partial charge < -0.3 is 18.9 Å². The van der Waals surface area contributed by atoms with Crippen LogP contribution in [0.4, 0.5) is 22.0 Å². The van der Waals surface area contributed by atoms with Crippen molar-refractivity contribution in [3.8, 4) is 0 Å². The van der Waals surface area contributed by atoms with Gasteiger partial charge in [-0.2, -0.15) is 30.4 Å². The zero-order valence-corrected chi connectivity index (χ0v) is 14.2. The number of hydrogen-bond donors (Lipinski definition) is 1. The quantitative estimate of drug-likeness (QED) is 0.277. The SMILES string of the molecule is O=C(OC(C(F)(F)F)C(F)(F)S(=O)(=O)O)C1CC2OC1CC2OCC1CO1. The Bertz CT molecular complexity index is 691. The van der Waals surface area contributed by atoms with E-state index in [1.54, 1.807) is 0 Å². The van der Waals surface area contributed by atoms with Crippen molar-refractivity contribution in [2.45, 2.75) is 54.8 Å². The molecule has 3 aliphatic rings. The molecule has 0 saturated carbocycles. The Balaban J connectivity index is 1.64. The van der Waals surface area contributed by atoms with Crippen LogP contribution in [-0.4, -0.2) is 74.1 Å². The zero-order chi connectivity index (χ0) is 20.2. The lowest BCUT2D eigenvalue weighted by Crippen LogP contribution is -2.53. The van der Waals surface area contributed by atoms with Crippen molar-refractivity contribution in [2.24, 2.45) is 5.92 Å². The molecule has 3 saturated heterocycles. The number of carbonyl (C=O) groups is 1. The van der Waals surface area contributed by atoms with E-state index in [2.05, 4.69) is 4.74 Å². The molecule has 3 aliphatic heterocycles. The highest BCUT2D eigenvalue weighted by molar-refractivity contribution is 7.86. The molecule has 1 N–H and O–H groups in total. The highest BCUT2D eigenvalue weighted by Gasteiger charge is 2.66. The van der Waals surface area contributed by atoms with Crippen LogP contribution in [-0.2, 0) is 33.9 Å². The van der Waals surface area contributed by atoms with Crippen molar-refractivity contribution in [1.29, 1.82) is 0 Å². The molecule has 3 rings (SSSR count). The van der Waals surface area contributed by atoms with E-state index in [-0.39, 0.29) is 18.9 Å². The van der Waals surface area contributed by atoms with Gasteiger partial charge in [0.2, 0.25) is 0 Å². The third-order valence-corrected chi connectivity index (χ3v) is 5.45. The normalized spacial score (nSPS) is 34.5. The number of ether oxygens (including phenoxy) is 4. The Morgan fingerprint density at radius 1 is 1.19 bits per heavy atom. The van der Waals surface area contributed by atoms with Crippen LogP contribution in [0.15, 0.2) is 0 Å². The van der Waals surface area contributed by atoms with Gasteiger partial charge in [0.25, 0.3) is 6.10 Å². The lowest BCUT2D eigenvalue weighted by molar-refractivity contribution is -0.261. The van der Waals surface area contributed by atoms with Crippen LogP contribution in [0.1, 0.15) is 12.8 Å². The molecule has 6 atom stereocenters. The average Bonchev–Trinajstić information content (AvgIpc) is 3.14. The maximum atomic E-state index is 13.5. The van der Waals surface area contributed by atoms with E-state index >= 15 is 0 Å². The first-order valence-corrected chi connectivity index (χ1v) is 9.25. The lowest BCUT2D eigenvalue weighted by Gasteiger charge is -2.29. The van der Waals surface area contributed by atoms with Gasteiger partial charge in [0.15, 0.2) is 0 Å². The van der Waals surface area contributed by atoms with Gasteiger partial charge in [-0.25, -0.2) is 0 Å². The predicted molar refractivity (Wildman–Crippen MR) is 73.3 cm³/mol. The second kappa shape index (κ2) is 6.76. The Morgan fingerprint density at radius 3 is 2.26 bits per heavy atom. The summed E-state index contributed by atoms with van der Waals surface area (Å²) in [6.45, 7) is 0.848. The molecule has 8 nitrogen and oxygen atoms in total. The Hall–Kier alpha value is -1.09. The average molecular weight is 426 g/mol. The number of epoxide rings is 1. The summed E-state index contributed by atoms with van der Waals surface area (Å²) >= 11 is 0. The van der Waals surface area contributed by atoms with Gasteiger partial charge in [-0.05, 0) is 6.42 Å². The molecule has 0 aliphatic carbocycles. The van der Waals surface area contributed by atoms with E-state index in [9.17, 15) is 35.2 Å². The highest BCUT2D eigenvalue weighted by Crippen LogP contribution is 2.43. The minimum absolute atomic E-state index is 0.0277. The van der Waals surface area contributed by atoms with Gasteiger partial charge in [-0.3, -0.25) is 9.35 Å². The zero-order valence-electron chi connectivity index (χ0n) is 13.4. The van der Waals surface area contributed by atoms with Gasteiger partial charge >= 0.3 is 27.5 Å². The van der Waals surface area contributed by atoms with Crippen molar-refractivity contribution in [3.63, 3.8) is 0 Å². The fourth-order valence-corrected chi connectivity index (χ4v) is 3.55. The number of fused-ring (bicyclic) bond motifs is 2. The molecule has 27 heavy (non-hydrogen) atoms. The summed E-state index contributed by atoms with van der Waals surface area (Å²) in [6, 6.07) is 0. The predicted octanol–water partition coefficient (Wildman–Crippen LogP) is 0.903. The number of alkyl halides is 5. The minimum Gasteiger partial charge on any atom is -0.444 e. The van der Waals surface area contributed by atoms with Gasteiger partial charge in [0.05, 0.1) is 37.4 Å². The monoisotopic (exact) mass is 426 g/mol. The molecule has 2 bridgehead atoms. The maximum Gasteiger partial charge on any atom is 0.432 e. The molecule has 0 radical (unpaired) electrons. The van der Waals surface area contributed by atoms with Gasteiger partial charge in [0.1, 0.15) is 6.10 Å². The molecular formula is C13H15F5O8S. The molecule has 0 aromatic carbocycles. The summed E-state index contributed by atoms with van der Waals surface area (Å²) in [5.41, 5.74) is 0. The fraction of sp³-hybridized carbons (Fsp3) is 0.923. The molecular weight excluding hydrogens is 411 g/mol. The van der Waals surface area contributed by atoms with Crippen LogP contribution in [0.2, 0.25) is 0 Å². The molecule has 6 unspecified atom stereocenters. The maximum absolute atomic E-state index is 13.5. The van der Waals surface area contributed by atoms with E-state index in [1.807, 2.05) is 0 Å². The summed E-state index contributed by atoms with van der Waals surface area (Å²) < 4.78 is 115. The number of halogens is 5. The first-order chi connectivity index (χ1) is 12.3. The van der Waals surface area contributed by atoms with Gasteiger partial charge in [-0.1, -0.05) is 0 Å². The Morgan fingerprint density at radius 2 is 1.81 bits per heavy atom. The van der Waals surface area contributed by atoms with E-state index in [4.69, 9.17) is 18.8 Å². The van der Waals surface area contributed by atoms with Crippen LogP contribution in [0.3, 0.4) is 0 Å². The van der Waals surface area contributed by atoms with Gasteiger partial charge in [-0.15, -0.1) is 0 Å². The van der Waals surface area contributed by atoms with Crippen molar-refractivity contribution < 1.29 is 58.7 Å². The molecule has 3 fully saturated rings. The molecule has 14 heteroatoms. The van der Waals surface area contributed by atoms with Crippen LogP contribution >= 0.6 is 0 Å². The second-order valence-electron chi connectivity index (χ2n) is 6.51. The topological polar surface area (TPSA) is 112 Å². The summed E-state index contributed by atoms with van der Waals surface area (Å²) in [6.07, 6.45) is -12.2. The summed E-state index contributed by atoms with van der Waals surface area (Å²) in [5.74, 6) is -2.97. The standard InChI is InChI=1S/C13H15F5O8S/c14-12(15,16)11(13(17,18)27(20,21)22)26-10(19)6-1-9-8(2-7(6)25-9)24-4-5-3-23-5/h5-9,11H,1-4H2,(H,20,21,22). The first-order valence-electron chi connectivity index (χ1n) is 7.81. The van der Waals surface area contributed by atoms with E-state index in [1.165, 1.54) is 0 Å². The molecule has 0 spiro atoms. The molecule has 0 aromatic rings. The second-order valence-corrected chi connectivity index (χ2v) is 8.01. The van der Waals surface area contributed by atoms with Gasteiger partial charge in [0, 0.05) is 6.42 Å². The number of esters is 1. The van der Waals surface area contributed by atoms with E-state index in [0.717, 1.165) is 0 Å². The Labute approximate surface area is 149 Å². The summed E-state index contributed by atoms with van der Waals surface area (Å²) in [7, 11) is -6.48. The van der Waals surface area contributed by atoms with Crippen LogP contribution in [0.25, 0.3) is 0 Å². The van der Waals surface area contributed by atoms with Crippen molar-refractivity contribution in [3.05, 3.63) is 0 Å². The third kappa shape index (κ3) is 4.18. The van der Waals surface area contributed by atoms with Crippen molar-refractivity contribution in [1.82, 2.24) is 0 Å². The third-order valence-electron chi connectivity index (χ3n) is 4.55. The number of carbonyl (C=O) groups excluding carboxylic acids is 1. The lowest BCUT2D eigenvalue weighted by atomic mass is 9.87. The number of rotatable bonds is 7. The molecule has 0 aromatic heterocycles. The van der Waals surface area contributed by atoms with Crippen LogP contribution < -0.4 is 0 Å².